The van der Waals surface area contributed by atoms with E-state index in [1.807, 2.05) is 21.1 Å². The lowest BCUT2D eigenvalue weighted by Crippen LogP contribution is -2.37. The summed E-state index contributed by atoms with van der Waals surface area (Å²) in [7, 11) is 1.12. The molecular weight excluding hydrogens is 846 g/mol. The standard InChI is InChI=1S/C56H92NO8P/c1-6-8-10-12-14-16-18-20-22-24-26-28-30-32-34-36-38-40-42-44-46-48-55(58)62-52-54(53-64-66(60,61)63-51-50-57(3,4)5)65-56(59)49-47-45-43-41-39-37-35-33-31-29-27-25-23-21-19-17-15-13-11-9-7-2/h8-11,14-17,20-23,26-29,32-35,54H,6-7,12-13,18-19,24-25,30-31,36-53H2,1-5H3/b10-8-,11-9-,16-14-,17-15-,22-20-,23-21-,28-26-,29-27-,34-32-,35-33-. The Morgan fingerprint density at radius 2 is 0.818 bits per heavy atom. The fourth-order valence-corrected chi connectivity index (χ4v) is 6.85. The SMILES string of the molecule is CC/C=C\C/C=C\C/C=C\C/C=C\C/C=C\CCCCCCCC(=O)OCC(COP(=O)([O-])OCC[N+](C)(C)C)OC(=O)CCCCCCC/C=C\C/C=C\C/C=C\C/C=C\C/C=C\CC. The Kier molecular flexibility index (Phi) is 44.0. The van der Waals surface area contributed by atoms with Crippen molar-refractivity contribution in [3.63, 3.8) is 0 Å². The summed E-state index contributed by atoms with van der Waals surface area (Å²) in [6.45, 7) is 3.93. The van der Waals surface area contributed by atoms with Crippen LogP contribution in [0.3, 0.4) is 0 Å². The molecule has 0 bridgehead atoms. The van der Waals surface area contributed by atoms with Crippen molar-refractivity contribution in [1.29, 1.82) is 0 Å². The van der Waals surface area contributed by atoms with Gasteiger partial charge in [-0.3, -0.25) is 14.2 Å². The third kappa shape index (κ3) is 49.8. The topological polar surface area (TPSA) is 111 Å². The Morgan fingerprint density at radius 1 is 0.470 bits per heavy atom. The molecule has 0 aliphatic heterocycles. The number of esters is 2. The van der Waals surface area contributed by atoms with Crippen LogP contribution in [-0.2, 0) is 32.7 Å². The van der Waals surface area contributed by atoms with Gasteiger partial charge in [0.25, 0.3) is 7.82 Å². The van der Waals surface area contributed by atoms with Crippen LogP contribution in [0.5, 0.6) is 0 Å². The van der Waals surface area contributed by atoms with Gasteiger partial charge in [0.2, 0.25) is 0 Å². The number of likely N-dealkylation sites (N-methyl/N-ethyl adjacent to an activating group) is 1. The summed E-state index contributed by atoms with van der Waals surface area (Å²) >= 11 is 0. The highest BCUT2D eigenvalue weighted by Crippen LogP contribution is 2.38. The maximum atomic E-state index is 12.7. The number of hydrogen-bond donors (Lipinski definition) is 0. The third-order valence-electron chi connectivity index (χ3n) is 9.98. The number of allylic oxidation sites excluding steroid dienone is 20. The van der Waals surface area contributed by atoms with Gasteiger partial charge in [-0.2, -0.15) is 0 Å². The predicted molar refractivity (Wildman–Crippen MR) is 277 cm³/mol. The summed E-state index contributed by atoms with van der Waals surface area (Å²) in [5.41, 5.74) is 0. The van der Waals surface area contributed by atoms with E-state index in [1.165, 1.54) is 0 Å². The van der Waals surface area contributed by atoms with Crippen molar-refractivity contribution in [3.05, 3.63) is 122 Å². The first-order chi connectivity index (χ1) is 32.0. The molecule has 0 aromatic carbocycles. The first-order valence-corrected chi connectivity index (χ1v) is 26.7. The van der Waals surface area contributed by atoms with Crippen LogP contribution in [0.4, 0.5) is 0 Å². The average Bonchev–Trinajstić information content (AvgIpc) is 3.27. The number of rotatable bonds is 44. The summed E-state index contributed by atoms with van der Waals surface area (Å²) < 4.78 is 34.0. The van der Waals surface area contributed by atoms with Gasteiger partial charge in [0, 0.05) is 12.8 Å². The molecule has 9 nitrogen and oxygen atoms in total. The smallest absolute Gasteiger partial charge is 0.306 e. The molecule has 0 heterocycles. The minimum absolute atomic E-state index is 0.0462. The highest BCUT2D eigenvalue weighted by molar-refractivity contribution is 7.45. The molecule has 0 aromatic rings. The van der Waals surface area contributed by atoms with E-state index < -0.39 is 32.5 Å². The number of phosphoric ester groups is 1. The van der Waals surface area contributed by atoms with E-state index in [0.717, 1.165) is 128 Å². The van der Waals surface area contributed by atoms with Crippen molar-refractivity contribution in [2.45, 2.75) is 174 Å². The second-order valence-electron chi connectivity index (χ2n) is 17.4. The lowest BCUT2D eigenvalue weighted by Gasteiger charge is -2.28. The molecule has 0 aromatic heterocycles. The predicted octanol–water partition coefficient (Wildman–Crippen LogP) is 14.6. The minimum Gasteiger partial charge on any atom is -0.756 e. The molecule has 0 amide bonds. The summed E-state index contributed by atoms with van der Waals surface area (Å²) in [5.74, 6) is -0.890. The van der Waals surface area contributed by atoms with Crippen LogP contribution in [0.25, 0.3) is 0 Å². The van der Waals surface area contributed by atoms with Crippen molar-refractivity contribution < 1.29 is 42.1 Å². The number of unbranched alkanes of at least 4 members (excludes halogenated alkanes) is 10. The van der Waals surface area contributed by atoms with Crippen LogP contribution in [0.15, 0.2) is 122 Å². The average molecular weight is 938 g/mol. The zero-order valence-corrected chi connectivity index (χ0v) is 43.0. The van der Waals surface area contributed by atoms with Crippen molar-refractivity contribution in [2.24, 2.45) is 0 Å². The maximum Gasteiger partial charge on any atom is 0.306 e. The Bertz CT molecular complexity index is 1530. The van der Waals surface area contributed by atoms with E-state index in [-0.39, 0.29) is 26.1 Å². The van der Waals surface area contributed by atoms with Gasteiger partial charge in [-0.1, -0.05) is 174 Å². The van der Waals surface area contributed by atoms with Gasteiger partial charge >= 0.3 is 11.9 Å². The molecule has 0 radical (unpaired) electrons. The van der Waals surface area contributed by atoms with E-state index in [4.69, 9.17) is 18.5 Å². The number of phosphoric acid groups is 1. The van der Waals surface area contributed by atoms with Crippen molar-refractivity contribution in [3.8, 4) is 0 Å². The van der Waals surface area contributed by atoms with Crippen LogP contribution in [0.1, 0.15) is 168 Å². The Balaban J connectivity index is 4.39. The fourth-order valence-electron chi connectivity index (χ4n) is 6.12. The van der Waals surface area contributed by atoms with E-state index in [0.29, 0.717) is 23.9 Å². The monoisotopic (exact) mass is 938 g/mol. The van der Waals surface area contributed by atoms with E-state index in [1.54, 1.807) is 0 Å². The largest absolute Gasteiger partial charge is 0.756 e. The van der Waals surface area contributed by atoms with E-state index in [2.05, 4.69) is 135 Å². The van der Waals surface area contributed by atoms with Crippen molar-refractivity contribution in [1.82, 2.24) is 0 Å². The summed E-state index contributed by atoms with van der Waals surface area (Å²) in [6, 6.07) is 0. The molecule has 66 heavy (non-hydrogen) atoms. The molecule has 2 atom stereocenters. The van der Waals surface area contributed by atoms with Gasteiger partial charge in [0.15, 0.2) is 6.10 Å². The maximum absolute atomic E-state index is 12.7. The lowest BCUT2D eigenvalue weighted by molar-refractivity contribution is -0.870. The first-order valence-electron chi connectivity index (χ1n) is 25.2. The molecular formula is C56H92NO8P. The number of nitrogens with zero attached hydrogens (tertiary/aromatic N) is 1. The van der Waals surface area contributed by atoms with Crippen LogP contribution >= 0.6 is 7.82 Å². The van der Waals surface area contributed by atoms with Gasteiger partial charge in [0.1, 0.15) is 19.8 Å². The molecule has 0 spiro atoms. The first kappa shape index (κ1) is 62.4. The van der Waals surface area contributed by atoms with Gasteiger partial charge in [0.05, 0.1) is 27.7 Å². The van der Waals surface area contributed by atoms with Crippen LogP contribution < -0.4 is 4.89 Å². The Morgan fingerprint density at radius 3 is 1.21 bits per heavy atom. The molecule has 0 rings (SSSR count). The van der Waals surface area contributed by atoms with Crippen LogP contribution in [0.2, 0.25) is 0 Å². The van der Waals surface area contributed by atoms with Gasteiger partial charge < -0.3 is 27.9 Å². The number of carbonyl (C=O) groups is 2. The Labute approximate surface area is 403 Å². The highest BCUT2D eigenvalue weighted by Gasteiger charge is 2.21. The van der Waals surface area contributed by atoms with Crippen molar-refractivity contribution in [2.75, 3.05) is 47.5 Å². The number of hydrogen-bond acceptors (Lipinski definition) is 8. The van der Waals surface area contributed by atoms with Crippen LogP contribution in [-0.4, -0.2) is 70.0 Å². The molecule has 0 aliphatic carbocycles. The zero-order valence-electron chi connectivity index (χ0n) is 42.1. The number of quaternary nitrogens is 1. The summed E-state index contributed by atoms with van der Waals surface area (Å²) in [4.78, 5) is 37.7. The minimum atomic E-state index is -4.65. The molecule has 0 saturated carbocycles. The highest BCUT2D eigenvalue weighted by atomic mass is 31.2. The van der Waals surface area contributed by atoms with Crippen LogP contribution in [0, 0.1) is 0 Å². The summed E-state index contributed by atoms with van der Waals surface area (Å²) in [6.07, 6.45) is 65.1. The molecule has 0 fully saturated rings. The molecule has 374 valence electrons. The molecule has 10 heteroatoms. The van der Waals surface area contributed by atoms with Gasteiger partial charge in [-0.25, -0.2) is 0 Å². The van der Waals surface area contributed by atoms with Gasteiger partial charge in [-0.05, 0) is 103 Å². The molecule has 2 unspecified atom stereocenters. The fraction of sp³-hybridized carbons (Fsp3) is 0.607. The van der Waals surface area contributed by atoms with Crippen molar-refractivity contribution >= 4 is 19.8 Å². The molecule has 0 N–H and O–H groups in total. The lowest BCUT2D eigenvalue weighted by atomic mass is 10.1. The second-order valence-corrected chi connectivity index (χ2v) is 18.8. The number of carbonyl (C=O) groups excluding carboxylic acids is 2. The quantitative estimate of drug-likeness (QED) is 0.0195. The normalized spacial score (nSPS) is 14.5. The molecule has 0 aliphatic rings. The zero-order chi connectivity index (χ0) is 48.5. The molecule has 0 saturated heterocycles. The van der Waals surface area contributed by atoms with Gasteiger partial charge in [-0.15, -0.1) is 0 Å². The number of ether oxygens (including phenoxy) is 2. The summed E-state index contributed by atoms with van der Waals surface area (Å²) in [5, 5.41) is 0. The van der Waals surface area contributed by atoms with E-state index >= 15 is 0 Å². The Hall–Kier alpha value is -3.59. The third-order valence-corrected chi connectivity index (χ3v) is 10.9. The second kappa shape index (κ2) is 46.5. The van der Waals surface area contributed by atoms with E-state index in [9.17, 15) is 19.0 Å².